The SMILES string of the molecule is CC(Cc1ccc(-c2ccnc(C)c2)cc1)=Nc1ccc(-c2cccc(F)c2)nc1. The lowest BCUT2D eigenvalue weighted by Crippen LogP contribution is -1.97. The van der Waals surface area contributed by atoms with Crippen LogP contribution < -0.4 is 0 Å². The highest BCUT2D eigenvalue weighted by Crippen LogP contribution is 2.22. The first-order valence-electron chi connectivity index (χ1n) is 9.85. The zero-order valence-corrected chi connectivity index (χ0v) is 17.0. The molecule has 2 aromatic heterocycles. The van der Waals surface area contributed by atoms with E-state index in [4.69, 9.17) is 0 Å². The van der Waals surface area contributed by atoms with Crippen molar-refractivity contribution in [3.05, 3.63) is 102 Å². The van der Waals surface area contributed by atoms with Gasteiger partial charge in [0.2, 0.25) is 0 Å². The van der Waals surface area contributed by atoms with E-state index < -0.39 is 0 Å². The predicted molar refractivity (Wildman–Crippen MR) is 121 cm³/mol. The van der Waals surface area contributed by atoms with E-state index in [0.29, 0.717) is 0 Å². The summed E-state index contributed by atoms with van der Waals surface area (Å²) in [6.07, 6.45) is 4.32. The zero-order valence-electron chi connectivity index (χ0n) is 17.0. The summed E-state index contributed by atoms with van der Waals surface area (Å²) in [6, 6.07) is 22.9. The second kappa shape index (κ2) is 8.78. The summed E-state index contributed by atoms with van der Waals surface area (Å²) in [5, 5.41) is 0. The van der Waals surface area contributed by atoms with Gasteiger partial charge in [-0.25, -0.2) is 4.39 Å². The lowest BCUT2D eigenvalue weighted by atomic mass is 10.0. The molecule has 0 atom stereocenters. The van der Waals surface area contributed by atoms with Crippen LogP contribution in [0.3, 0.4) is 0 Å². The van der Waals surface area contributed by atoms with Gasteiger partial charge in [-0.15, -0.1) is 0 Å². The number of pyridine rings is 2. The van der Waals surface area contributed by atoms with Crippen molar-refractivity contribution >= 4 is 11.4 Å². The second-order valence-corrected chi connectivity index (χ2v) is 7.32. The number of aryl methyl sites for hydroxylation is 1. The van der Waals surface area contributed by atoms with Gasteiger partial charge in [0, 0.05) is 29.6 Å². The standard InChI is InChI=1S/C26H22FN3/c1-18-15-22(12-13-28-18)21-8-6-20(7-9-21)14-19(2)30-25-10-11-26(29-17-25)23-4-3-5-24(27)16-23/h3-13,15-17H,14H2,1-2H3. The summed E-state index contributed by atoms with van der Waals surface area (Å²) in [4.78, 5) is 13.3. The maximum absolute atomic E-state index is 13.4. The van der Waals surface area contributed by atoms with Gasteiger partial charge in [-0.1, -0.05) is 36.4 Å². The molecule has 0 saturated carbocycles. The molecule has 0 saturated heterocycles. The van der Waals surface area contributed by atoms with Gasteiger partial charge in [0.05, 0.1) is 17.6 Å². The maximum atomic E-state index is 13.4. The minimum absolute atomic E-state index is 0.266. The quantitative estimate of drug-likeness (QED) is 0.357. The summed E-state index contributed by atoms with van der Waals surface area (Å²) in [6.45, 7) is 4.01. The van der Waals surface area contributed by atoms with Crippen molar-refractivity contribution in [1.82, 2.24) is 9.97 Å². The van der Waals surface area contributed by atoms with E-state index in [-0.39, 0.29) is 5.82 Å². The molecule has 0 aliphatic carbocycles. The molecule has 4 rings (SSSR count). The molecular formula is C26H22FN3. The highest BCUT2D eigenvalue weighted by Gasteiger charge is 2.03. The number of benzene rings is 2. The van der Waals surface area contributed by atoms with E-state index in [1.807, 2.05) is 44.3 Å². The van der Waals surface area contributed by atoms with E-state index in [1.165, 1.54) is 28.8 Å². The molecule has 4 heteroatoms. The van der Waals surface area contributed by atoms with Crippen molar-refractivity contribution in [1.29, 1.82) is 0 Å². The number of nitrogens with zero attached hydrogens (tertiary/aromatic N) is 3. The molecule has 0 amide bonds. The Morgan fingerprint density at radius 2 is 1.70 bits per heavy atom. The average Bonchev–Trinajstić information content (AvgIpc) is 2.75. The van der Waals surface area contributed by atoms with Crippen LogP contribution in [0.5, 0.6) is 0 Å². The van der Waals surface area contributed by atoms with E-state index in [1.54, 1.807) is 12.3 Å². The fourth-order valence-electron chi connectivity index (χ4n) is 3.37. The summed E-state index contributed by atoms with van der Waals surface area (Å²) >= 11 is 0. The lowest BCUT2D eigenvalue weighted by Gasteiger charge is -2.06. The van der Waals surface area contributed by atoms with Crippen molar-refractivity contribution in [2.45, 2.75) is 20.3 Å². The Balaban J connectivity index is 1.45. The molecule has 148 valence electrons. The van der Waals surface area contributed by atoms with Gasteiger partial charge in [-0.3, -0.25) is 15.0 Å². The molecular weight excluding hydrogens is 373 g/mol. The number of aromatic nitrogens is 2. The van der Waals surface area contributed by atoms with Crippen LogP contribution in [0.1, 0.15) is 18.2 Å². The van der Waals surface area contributed by atoms with E-state index in [0.717, 1.165) is 34.8 Å². The van der Waals surface area contributed by atoms with Crippen LogP contribution in [0.15, 0.2) is 90.2 Å². The predicted octanol–water partition coefficient (Wildman–Crippen LogP) is 6.59. The Hall–Kier alpha value is -3.66. The van der Waals surface area contributed by atoms with Gasteiger partial charge in [-0.2, -0.15) is 0 Å². The number of aliphatic imine (C=N–C) groups is 1. The number of hydrogen-bond donors (Lipinski definition) is 0. The van der Waals surface area contributed by atoms with Crippen LogP contribution in [0.25, 0.3) is 22.4 Å². The van der Waals surface area contributed by atoms with Gasteiger partial charge < -0.3 is 0 Å². The number of halogens is 1. The Labute approximate surface area is 176 Å². The first kappa shape index (κ1) is 19.6. The molecule has 2 heterocycles. The third kappa shape index (κ3) is 4.84. The monoisotopic (exact) mass is 395 g/mol. The Morgan fingerprint density at radius 1 is 0.867 bits per heavy atom. The molecule has 0 radical (unpaired) electrons. The van der Waals surface area contributed by atoms with E-state index in [9.17, 15) is 4.39 Å². The highest BCUT2D eigenvalue weighted by molar-refractivity contribution is 5.86. The van der Waals surface area contributed by atoms with Crippen LogP contribution in [0.4, 0.5) is 10.1 Å². The summed E-state index contributed by atoms with van der Waals surface area (Å²) < 4.78 is 13.4. The van der Waals surface area contributed by atoms with Crippen molar-refractivity contribution in [3.63, 3.8) is 0 Å². The van der Waals surface area contributed by atoms with Crippen molar-refractivity contribution in [2.24, 2.45) is 4.99 Å². The van der Waals surface area contributed by atoms with Crippen molar-refractivity contribution < 1.29 is 4.39 Å². The molecule has 0 fully saturated rings. The molecule has 0 unspecified atom stereocenters. The fraction of sp³-hybridized carbons (Fsp3) is 0.115. The number of rotatable bonds is 5. The molecule has 0 aliphatic rings. The smallest absolute Gasteiger partial charge is 0.123 e. The van der Waals surface area contributed by atoms with Gasteiger partial charge in [0.25, 0.3) is 0 Å². The Bertz CT molecular complexity index is 1180. The van der Waals surface area contributed by atoms with Crippen LogP contribution >= 0.6 is 0 Å². The number of hydrogen-bond acceptors (Lipinski definition) is 3. The van der Waals surface area contributed by atoms with Crippen LogP contribution in [-0.2, 0) is 6.42 Å². The molecule has 0 bridgehead atoms. The van der Waals surface area contributed by atoms with Crippen molar-refractivity contribution in [3.8, 4) is 22.4 Å². The molecule has 4 aromatic rings. The topological polar surface area (TPSA) is 38.1 Å². The third-order valence-electron chi connectivity index (χ3n) is 4.83. The van der Waals surface area contributed by atoms with Gasteiger partial charge >= 0.3 is 0 Å². The summed E-state index contributed by atoms with van der Waals surface area (Å²) in [5.74, 6) is -0.266. The Morgan fingerprint density at radius 3 is 2.40 bits per heavy atom. The minimum atomic E-state index is -0.266. The molecule has 0 N–H and O–H groups in total. The van der Waals surface area contributed by atoms with Crippen LogP contribution in [0, 0.1) is 12.7 Å². The molecule has 2 aromatic carbocycles. The largest absolute Gasteiger partial charge is 0.262 e. The van der Waals surface area contributed by atoms with Gasteiger partial charge in [0.1, 0.15) is 5.82 Å². The molecule has 0 spiro atoms. The van der Waals surface area contributed by atoms with Gasteiger partial charge in [0.15, 0.2) is 0 Å². The summed E-state index contributed by atoms with van der Waals surface area (Å²) in [5.41, 5.74) is 7.84. The fourth-order valence-corrected chi connectivity index (χ4v) is 3.37. The molecule has 3 nitrogen and oxygen atoms in total. The first-order chi connectivity index (χ1) is 14.6. The molecule has 0 aliphatic heterocycles. The van der Waals surface area contributed by atoms with Crippen LogP contribution in [0.2, 0.25) is 0 Å². The molecule has 30 heavy (non-hydrogen) atoms. The third-order valence-corrected chi connectivity index (χ3v) is 4.83. The van der Waals surface area contributed by atoms with Crippen molar-refractivity contribution in [2.75, 3.05) is 0 Å². The lowest BCUT2D eigenvalue weighted by molar-refractivity contribution is 0.628. The zero-order chi connectivity index (χ0) is 20.9. The normalized spacial score (nSPS) is 11.5. The average molecular weight is 395 g/mol. The van der Waals surface area contributed by atoms with E-state index >= 15 is 0 Å². The van der Waals surface area contributed by atoms with Crippen LogP contribution in [-0.4, -0.2) is 15.7 Å². The summed E-state index contributed by atoms with van der Waals surface area (Å²) in [7, 11) is 0. The first-order valence-corrected chi connectivity index (χ1v) is 9.85. The maximum Gasteiger partial charge on any atom is 0.123 e. The highest BCUT2D eigenvalue weighted by atomic mass is 19.1. The van der Waals surface area contributed by atoms with E-state index in [2.05, 4.69) is 45.3 Å². The Kier molecular flexibility index (Phi) is 5.75. The second-order valence-electron chi connectivity index (χ2n) is 7.32. The minimum Gasteiger partial charge on any atom is -0.262 e. The van der Waals surface area contributed by atoms with Gasteiger partial charge in [-0.05, 0) is 66.9 Å².